The van der Waals surface area contributed by atoms with Crippen molar-refractivity contribution in [2.45, 2.75) is 19.4 Å². The second-order valence-electron chi connectivity index (χ2n) is 5.54. The molecular formula is C17H20NO4PY. The molecular weight excluding hydrogens is 402 g/mol. The summed E-state index contributed by atoms with van der Waals surface area (Å²) < 4.78 is 15.5. The third-order valence-corrected chi connectivity index (χ3v) is 4.00. The van der Waals surface area contributed by atoms with E-state index in [2.05, 4.69) is 10.1 Å². The molecule has 1 amide bonds. The molecule has 2 rings (SSSR count). The van der Waals surface area contributed by atoms with E-state index in [4.69, 9.17) is 0 Å². The SMILES string of the molecule is Cc1ccc(C(C)(O)c2ccc(C(=O)NO[PH](C)=O)cc2)cc1.[Y]. The van der Waals surface area contributed by atoms with Gasteiger partial charge in [0.2, 0.25) is 8.03 Å². The van der Waals surface area contributed by atoms with E-state index in [9.17, 15) is 14.5 Å². The van der Waals surface area contributed by atoms with Crippen LogP contribution in [0.25, 0.3) is 0 Å². The van der Waals surface area contributed by atoms with Crippen LogP contribution < -0.4 is 5.48 Å². The zero-order chi connectivity index (χ0) is 17.0. The number of aliphatic hydroxyl groups is 1. The van der Waals surface area contributed by atoms with Crippen LogP contribution in [0.5, 0.6) is 0 Å². The fourth-order valence-corrected chi connectivity index (χ4v) is 2.40. The van der Waals surface area contributed by atoms with Crippen LogP contribution in [0.2, 0.25) is 0 Å². The van der Waals surface area contributed by atoms with Crippen LogP contribution in [-0.2, 0) is 47.5 Å². The van der Waals surface area contributed by atoms with Crippen molar-refractivity contribution < 1.29 is 51.8 Å². The molecule has 125 valence electrons. The van der Waals surface area contributed by atoms with Gasteiger partial charge in [-0.15, -0.1) is 0 Å². The maximum Gasteiger partial charge on any atom is 0.275 e. The van der Waals surface area contributed by atoms with E-state index >= 15 is 0 Å². The Hall–Kier alpha value is -0.836. The van der Waals surface area contributed by atoms with Crippen molar-refractivity contribution in [2.24, 2.45) is 0 Å². The van der Waals surface area contributed by atoms with Gasteiger partial charge in [0.1, 0.15) is 5.60 Å². The van der Waals surface area contributed by atoms with Crippen LogP contribution in [-0.4, -0.2) is 17.7 Å². The van der Waals surface area contributed by atoms with E-state index in [1.165, 1.54) is 6.66 Å². The van der Waals surface area contributed by atoms with E-state index in [0.29, 0.717) is 11.1 Å². The van der Waals surface area contributed by atoms with E-state index in [0.717, 1.165) is 11.1 Å². The van der Waals surface area contributed by atoms with Gasteiger partial charge in [-0.05, 0) is 37.1 Å². The van der Waals surface area contributed by atoms with Gasteiger partial charge in [0.05, 0.1) is 0 Å². The van der Waals surface area contributed by atoms with E-state index in [-0.39, 0.29) is 32.7 Å². The molecule has 2 atom stereocenters. The van der Waals surface area contributed by atoms with Crippen molar-refractivity contribution >= 4 is 13.9 Å². The third-order valence-electron chi connectivity index (χ3n) is 3.61. The van der Waals surface area contributed by atoms with Crippen molar-refractivity contribution in [1.82, 2.24) is 5.48 Å². The summed E-state index contributed by atoms with van der Waals surface area (Å²) in [5.74, 6) is -0.480. The van der Waals surface area contributed by atoms with Crippen LogP contribution in [0.3, 0.4) is 0 Å². The standard InChI is InChI=1S/C17H20NO4P.Y/c1-12-4-8-14(9-5-12)17(2,20)15-10-6-13(7-11-15)16(19)18-22-23(3)21;/h4-11,20,23H,1-3H3,(H,18,19);. The normalized spacial score (nSPS) is 14.2. The third kappa shape index (κ3) is 5.33. The molecule has 0 aliphatic carbocycles. The van der Waals surface area contributed by atoms with E-state index in [1.54, 1.807) is 31.2 Å². The number of hydroxylamine groups is 1. The molecule has 0 fully saturated rings. The molecule has 0 aliphatic rings. The maximum absolute atomic E-state index is 11.8. The molecule has 0 spiro atoms. The van der Waals surface area contributed by atoms with Gasteiger partial charge in [-0.3, -0.25) is 9.36 Å². The first-order valence-corrected chi connectivity index (χ1v) is 9.00. The molecule has 2 N–H and O–H groups in total. The van der Waals surface area contributed by atoms with Crippen LogP contribution in [0.4, 0.5) is 0 Å². The predicted molar refractivity (Wildman–Crippen MR) is 89.8 cm³/mol. The van der Waals surface area contributed by atoms with Crippen LogP contribution in [0.1, 0.15) is 34.0 Å². The molecule has 0 aliphatic heterocycles. The van der Waals surface area contributed by atoms with Crippen molar-refractivity contribution in [3.63, 3.8) is 0 Å². The van der Waals surface area contributed by atoms with Gasteiger partial charge in [0.15, 0.2) is 0 Å². The molecule has 2 unspecified atom stereocenters. The molecule has 5 nitrogen and oxygen atoms in total. The van der Waals surface area contributed by atoms with Crippen LogP contribution in [0, 0.1) is 6.92 Å². The first kappa shape index (κ1) is 21.2. The number of benzene rings is 2. The molecule has 1 radical (unpaired) electrons. The zero-order valence-corrected chi connectivity index (χ0v) is 17.7. The Bertz CT molecular complexity index is 714. The van der Waals surface area contributed by atoms with Gasteiger partial charge in [-0.1, -0.05) is 42.0 Å². The summed E-state index contributed by atoms with van der Waals surface area (Å²) in [5, 5.41) is 10.8. The number of carbonyl (C=O) groups is 1. The zero-order valence-electron chi connectivity index (χ0n) is 13.9. The minimum Gasteiger partial charge on any atom is -0.381 e. The number of nitrogens with one attached hydrogen (secondary N) is 1. The number of rotatable bonds is 5. The Morgan fingerprint density at radius 1 is 1.08 bits per heavy atom. The van der Waals surface area contributed by atoms with Gasteiger partial charge < -0.3 is 5.11 Å². The average Bonchev–Trinajstić information content (AvgIpc) is 2.53. The molecule has 0 bridgehead atoms. The Labute approximate surface area is 167 Å². The summed E-state index contributed by atoms with van der Waals surface area (Å²) in [6.07, 6.45) is 0. The molecule has 0 saturated heterocycles. The number of amides is 1. The van der Waals surface area contributed by atoms with E-state index < -0.39 is 19.5 Å². The van der Waals surface area contributed by atoms with Gasteiger partial charge >= 0.3 is 0 Å². The molecule has 24 heavy (non-hydrogen) atoms. The van der Waals surface area contributed by atoms with Gasteiger partial charge in [0, 0.05) is 44.9 Å². The fraction of sp³-hybridized carbons (Fsp3) is 0.235. The Kier molecular flexibility index (Phi) is 7.98. The van der Waals surface area contributed by atoms with Crippen LogP contribution in [0.15, 0.2) is 48.5 Å². The predicted octanol–water partition coefficient (Wildman–Crippen LogP) is 3.01. The summed E-state index contributed by atoms with van der Waals surface area (Å²) in [6.45, 7) is 5.07. The second kappa shape index (κ2) is 9.03. The Balaban J connectivity index is 0.00000288. The molecule has 2 aromatic rings. The molecule has 0 saturated carbocycles. The smallest absolute Gasteiger partial charge is 0.275 e. The van der Waals surface area contributed by atoms with E-state index in [1.807, 2.05) is 31.2 Å². The topological polar surface area (TPSA) is 75.6 Å². The number of hydrogen-bond acceptors (Lipinski definition) is 4. The minimum absolute atomic E-state index is 0. The quantitative estimate of drug-likeness (QED) is 0.574. The fourth-order valence-electron chi connectivity index (χ4n) is 2.17. The minimum atomic E-state index is -2.23. The number of hydrogen-bond donors (Lipinski definition) is 2. The van der Waals surface area contributed by atoms with Gasteiger partial charge in [-0.2, -0.15) is 0 Å². The van der Waals surface area contributed by atoms with Gasteiger partial charge in [0.25, 0.3) is 5.91 Å². The van der Waals surface area contributed by atoms with Crippen molar-refractivity contribution in [3.8, 4) is 0 Å². The summed E-state index contributed by atoms with van der Waals surface area (Å²) in [7, 11) is -2.23. The summed E-state index contributed by atoms with van der Waals surface area (Å²) in [5.41, 5.74) is 3.88. The first-order valence-electron chi connectivity index (χ1n) is 7.18. The molecule has 7 heteroatoms. The number of aryl methyl sites for hydroxylation is 1. The van der Waals surface area contributed by atoms with Gasteiger partial charge in [-0.25, -0.2) is 10.1 Å². The first-order chi connectivity index (χ1) is 10.8. The van der Waals surface area contributed by atoms with Crippen molar-refractivity contribution in [2.75, 3.05) is 6.66 Å². The summed E-state index contributed by atoms with van der Waals surface area (Å²) in [6, 6.07) is 14.2. The second-order valence-corrected chi connectivity index (χ2v) is 6.73. The maximum atomic E-state index is 11.8. The molecule has 2 aromatic carbocycles. The Morgan fingerprint density at radius 3 is 2.00 bits per heavy atom. The number of carbonyl (C=O) groups excluding carboxylic acids is 1. The monoisotopic (exact) mass is 422 g/mol. The molecule has 0 heterocycles. The van der Waals surface area contributed by atoms with Crippen LogP contribution >= 0.6 is 8.03 Å². The summed E-state index contributed by atoms with van der Waals surface area (Å²) in [4.78, 5) is 11.8. The Morgan fingerprint density at radius 2 is 1.54 bits per heavy atom. The summed E-state index contributed by atoms with van der Waals surface area (Å²) >= 11 is 0. The van der Waals surface area contributed by atoms with Crippen molar-refractivity contribution in [1.29, 1.82) is 0 Å². The molecule has 0 aromatic heterocycles. The van der Waals surface area contributed by atoms with Crippen molar-refractivity contribution in [3.05, 3.63) is 70.8 Å². The largest absolute Gasteiger partial charge is 0.381 e. The average molecular weight is 422 g/mol.